The number of rotatable bonds is 3. The van der Waals surface area contributed by atoms with Crippen LogP contribution in [0.15, 0.2) is 41.4 Å². The maximum absolute atomic E-state index is 4.51. The Bertz CT molecular complexity index is 825. The zero-order valence-electron chi connectivity index (χ0n) is 13.1. The molecule has 0 bridgehead atoms. The van der Waals surface area contributed by atoms with E-state index in [1.807, 2.05) is 25.3 Å². The third-order valence-electron chi connectivity index (χ3n) is 3.76. The molecule has 1 heterocycles. The van der Waals surface area contributed by atoms with E-state index in [0.29, 0.717) is 0 Å². The number of aromatic nitrogens is 1. The Morgan fingerprint density at radius 1 is 1.05 bits per heavy atom. The molecule has 0 N–H and O–H groups in total. The van der Waals surface area contributed by atoms with Crippen LogP contribution in [0.1, 0.15) is 12.5 Å². The Balaban J connectivity index is 2.28. The van der Waals surface area contributed by atoms with Crippen LogP contribution in [-0.2, 0) is 6.54 Å². The largest absolute Gasteiger partial charge is 0.369 e. The molecule has 0 amide bonds. The normalized spacial score (nSPS) is 11.8. The van der Waals surface area contributed by atoms with Gasteiger partial charge in [0.15, 0.2) is 0 Å². The van der Waals surface area contributed by atoms with Crippen LogP contribution >= 0.6 is 0 Å². The number of benzene rings is 2. The lowest BCUT2D eigenvalue weighted by molar-refractivity contribution is 0.643. The lowest BCUT2D eigenvalue weighted by Gasteiger charge is -2.04. The summed E-state index contributed by atoms with van der Waals surface area (Å²) in [5, 5.41) is 2.60. The SMILES string of the molecule is CCn1c2ccc(C)cc2c2cc(N=CN(C)C)ccc21. The van der Waals surface area contributed by atoms with E-state index in [-0.39, 0.29) is 0 Å². The van der Waals surface area contributed by atoms with Gasteiger partial charge < -0.3 is 9.47 Å². The molecule has 3 nitrogen and oxygen atoms in total. The summed E-state index contributed by atoms with van der Waals surface area (Å²) in [4.78, 5) is 6.46. The Labute approximate surface area is 125 Å². The predicted molar refractivity (Wildman–Crippen MR) is 91.7 cm³/mol. The summed E-state index contributed by atoms with van der Waals surface area (Å²) >= 11 is 0. The maximum Gasteiger partial charge on any atom is 0.0907 e. The van der Waals surface area contributed by atoms with E-state index in [2.05, 4.69) is 59.8 Å². The van der Waals surface area contributed by atoms with E-state index in [9.17, 15) is 0 Å². The fourth-order valence-corrected chi connectivity index (χ4v) is 2.81. The molecule has 108 valence electrons. The van der Waals surface area contributed by atoms with Crippen molar-refractivity contribution in [3.8, 4) is 0 Å². The minimum Gasteiger partial charge on any atom is -0.369 e. The van der Waals surface area contributed by atoms with Crippen LogP contribution in [0.2, 0.25) is 0 Å². The number of hydrogen-bond donors (Lipinski definition) is 0. The molecule has 0 unspecified atom stereocenters. The lowest BCUT2D eigenvalue weighted by Crippen LogP contribution is -2.06. The second kappa shape index (κ2) is 5.24. The van der Waals surface area contributed by atoms with E-state index in [1.54, 1.807) is 0 Å². The fourth-order valence-electron chi connectivity index (χ4n) is 2.81. The van der Waals surface area contributed by atoms with Crippen LogP contribution in [0.25, 0.3) is 21.8 Å². The van der Waals surface area contributed by atoms with Crippen molar-refractivity contribution in [3.05, 3.63) is 42.0 Å². The van der Waals surface area contributed by atoms with E-state index in [1.165, 1.54) is 27.4 Å². The van der Waals surface area contributed by atoms with Crippen molar-refractivity contribution in [1.29, 1.82) is 0 Å². The Kier molecular flexibility index (Phi) is 3.42. The third-order valence-corrected chi connectivity index (χ3v) is 3.76. The van der Waals surface area contributed by atoms with Crippen LogP contribution in [-0.4, -0.2) is 29.9 Å². The molecule has 3 aromatic rings. The van der Waals surface area contributed by atoms with Gasteiger partial charge in [-0.3, -0.25) is 0 Å². The fraction of sp³-hybridized carbons (Fsp3) is 0.278. The molecular weight excluding hydrogens is 258 g/mol. The summed E-state index contributed by atoms with van der Waals surface area (Å²) < 4.78 is 2.36. The van der Waals surface area contributed by atoms with Crippen molar-refractivity contribution < 1.29 is 0 Å². The topological polar surface area (TPSA) is 20.5 Å². The summed E-state index contributed by atoms with van der Waals surface area (Å²) in [7, 11) is 3.96. The van der Waals surface area contributed by atoms with E-state index >= 15 is 0 Å². The van der Waals surface area contributed by atoms with Gasteiger partial charge in [0.05, 0.1) is 12.0 Å². The maximum atomic E-state index is 4.51. The molecule has 0 saturated carbocycles. The third kappa shape index (κ3) is 2.40. The predicted octanol–water partition coefficient (Wildman–Crippen LogP) is 4.34. The van der Waals surface area contributed by atoms with Crippen LogP contribution in [0, 0.1) is 6.92 Å². The number of aliphatic imine (C=N–C) groups is 1. The monoisotopic (exact) mass is 279 g/mol. The average Bonchev–Trinajstić information content (AvgIpc) is 2.77. The molecule has 0 spiro atoms. The summed E-state index contributed by atoms with van der Waals surface area (Å²) in [6, 6.07) is 13.1. The van der Waals surface area contributed by atoms with Crippen molar-refractivity contribution in [2.75, 3.05) is 14.1 Å². The summed E-state index contributed by atoms with van der Waals surface area (Å²) in [6.45, 7) is 5.31. The van der Waals surface area contributed by atoms with Crippen LogP contribution in [0.4, 0.5) is 5.69 Å². The Morgan fingerprint density at radius 2 is 1.71 bits per heavy atom. The van der Waals surface area contributed by atoms with Crippen molar-refractivity contribution in [2.24, 2.45) is 4.99 Å². The minimum atomic E-state index is 0.976. The van der Waals surface area contributed by atoms with Gasteiger partial charge in [-0.1, -0.05) is 11.6 Å². The number of hydrogen-bond acceptors (Lipinski definition) is 1. The van der Waals surface area contributed by atoms with Crippen molar-refractivity contribution >= 4 is 33.8 Å². The highest BCUT2D eigenvalue weighted by molar-refractivity contribution is 6.09. The van der Waals surface area contributed by atoms with Crippen molar-refractivity contribution in [3.63, 3.8) is 0 Å². The average molecular weight is 279 g/mol. The van der Waals surface area contributed by atoms with Gasteiger partial charge in [0.1, 0.15) is 0 Å². The van der Waals surface area contributed by atoms with Crippen LogP contribution in [0.3, 0.4) is 0 Å². The first kappa shape index (κ1) is 13.7. The Hall–Kier alpha value is -2.29. The first-order valence-corrected chi connectivity index (χ1v) is 7.33. The summed E-state index contributed by atoms with van der Waals surface area (Å²) in [6.07, 6.45) is 1.84. The van der Waals surface area contributed by atoms with Gasteiger partial charge in [-0.15, -0.1) is 0 Å². The molecule has 0 aliphatic carbocycles. The van der Waals surface area contributed by atoms with Crippen molar-refractivity contribution in [1.82, 2.24) is 9.47 Å². The van der Waals surface area contributed by atoms with Gasteiger partial charge >= 0.3 is 0 Å². The summed E-state index contributed by atoms with van der Waals surface area (Å²) in [5.74, 6) is 0. The quantitative estimate of drug-likeness (QED) is 0.516. The minimum absolute atomic E-state index is 0.976. The molecule has 0 aliphatic rings. The first-order valence-electron chi connectivity index (χ1n) is 7.33. The molecule has 2 aromatic carbocycles. The molecule has 3 rings (SSSR count). The summed E-state index contributed by atoms with van der Waals surface area (Å²) in [5.41, 5.74) is 4.86. The van der Waals surface area contributed by atoms with Gasteiger partial charge in [0, 0.05) is 42.4 Å². The lowest BCUT2D eigenvalue weighted by atomic mass is 10.1. The second-order valence-electron chi connectivity index (χ2n) is 5.67. The smallest absolute Gasteiger partial charge is 0.0907 e. The van der Waals surface area contributed by atoms with Crippen LogP contribution in [0.5, 0.6) is 0 Å². The van der Waals surface area contributed by atoms with E-state index in [0.717, 1.165) is 12.2 Å². The number of nitrogens with zero attached hydrogens (tertiary/aromatic N) is 3. The molecule has 0 aliphatic heterocycles. The molecule has 0 fully saturated rings. The van der Waals surface area contributed by atoms with E-state index in [4.69, 9.17) is 0 Å². The van der Waals surface area contributed by atoms with Gasteiger partial charge in [-0.25, -0.2) is 4.99 Å². The van der Waals surface area contributed by atoms with Gasteiger partial charge in [-0.05, 0) is 44.2 Å². The second-order valence-corrected chi connectivity index (χ2v) is 5.67. The Morgan fingerprint density at radius 3 is 2.38 bits per heavy atom. The zero-order chi connectivity index (χ0) is 15.0. The molecule has 21 heavy (non-hydrogen) atoms. The van der Waals surface area contributed by atoms with Crippen molar-refractivity contribution in [2.45, 2.75) is 20.4 Å². The van der Waals surface area contributed by atoms with E-state index < -0.39 is 0 Å². The van der Waals surface area contributed by atoms with Gasteiger partial charge in [0.25, 0.3) is 0 Å². The molecule has 0 saturated heterocycles. The molecule has 1 aromatic heterocycles. The van der Waals surface area contributed by atoms with Gasteiger partial charge in [0.2, 0.25) is 0 Å². The highest BCUT2D eigenvalue weighted by Gasteiger charge is 2.10. The number of aryl methyl sites for hydroxylation is 2. The zero-order valence-corrected chi connectivity index (χ0v) is 13.1. The molecular formula is C18H21N3. The number of fused-ring (bicyclic) bond motifs is 3. The molecule has 0 radical (unpaired) electrons. The van der Waals surface area contributed by atoms with Gasteiger partial charge in [-0.2, -0.15) is 0 Å². The first-order chi connectivity index (χ1) is 10.1. The molecule has 3 heteroatoms. The molecule has 0 atom stereocenters. The highest BCUT2D eigenvalue weighted by Crippen LogP contribution is 2.32. The highest BCUT2D eigenvalue weighted by atomic mass is 15.1. The van der Waals surface area contributed by atoms with Crippen LogP contribution < -0.4 is 0 Å². The standard InChI is InChI=1S/C18H21N3/c1-5-21-17-8-6-13(2)10-15(17)16-11-14(7-9-18(16)21)19-12-20(3)4/h6-12H,5H2,1-4H3.